The SMILES string of the molecule is Fc1cccc(F)c1-c1ccc2nsnc2c1. The van der Waals surface area contributed by atoms with Crippen LogP contribution in [-0.2, 0) is 0 Å². The first-order valence-electron chi connectivity index (χ1n) is 4.92. The number of rotatable bonds is 1. The summed E-state index contributed by atoms with van der Waals surface area (Å²) in [7, 11) is 0. The van der Waals surface area contributed by atoms with E-state index in [1.165, 1.54) is 18.2 Å². The second-order valence-electron chi connectivity index (χ2n) is 3.56. The molecule has 1 aromatic heterocycles. The van der Waals surface area contributed by atoms with Crippen LogP contribution in [0.1, 0.15) is 0 Å². The van der Waals surface area contributed by atoms with E-state index in [4.69, 9.17) is 0 Å². The zero-order valence-electron chi connectivity index (χ0n) is 8.52. The Labute approximate surface area is 99.9 Å². The topological polar surface area (TPSA) is 25.8 Å². The molecular formula is C12H6F2N2S. The molecule has 3 aromatic rings. The maximum absolute atomic E-state index is 13.6. The van der Waals surface area contributed by atoms with Gasteiger partial charge in [-0.15, -0.1) is 0 Å². The van der Waals surface area contributed by atoms with Gasteiger partial charge in [-0.25, -0.2) is 8.78 Å². The van der Waals surface area contributed by atoms with Crippen LogP contribution in [0.15, 0.2) is 36.4 Å². The quantitative estimate of drug-likeness (QED) is 0.657. The maximum atomic E-state index is 13.6. The standard InChI is InChI=1S/C12H6F2N2S/c13-8-2-1-3-9(14)12(8)7-4-5-10-11(6-7)16-17-15-10/h1-6H. The van der Waals surface area contributed by atoms with Gasteiger partial charge in [0.15, 0.2) is 0 Å². The molecule has 0 amide bonds. The first-order valence-corrected chi connectivity index (χ1v) is 5.65. The van der Waals surface area contributed by atoms with Crippen LogP contribution in [-0.4, -0.2) is 8.75 Å². The van der Waals surface area contributed by atoms with E-state index in [1.807, 2.05) is 0 Å². The molecule has 0 saturated heterocycles. The Morgan fingerprint density at radius 2 is 1.59 bits per heavy atom. The number of hydrogen-bond donors (Lipinski definition) is 0. The van der Waals surface area contributed by atoms with Crippen molar-refractivity contribution in [3.8, 4) is 11.1 Å². The summed E-state index contributed by atoms with van der Waals surface area (Å²) >= 11 is 1.08. The Morgan fingerprint density at radius 3 is 2.35 bits per heavy atom. The summed E-state index contributed by atoms with van der Waals surface area (Å²) in [6, 6.07) is 8.81. The lowest BCUT2D eigenvalue weighted by Crippen LogP contribution is -1.89. The molecule has 0 atom stereocenters. The van der Waals surface area contributed by atoms with E-state index in [0.717, 1.165) is 17.2 Å². The van der Waals surface area contributed by atoms with E-state index in [0.29, 0.717) is 11.1 Å². The minimum atomic E-state index is -0.576. The lowest BCUT2D eigenvalue weighted by Gasteiger charge is -2.04. The lowest BCUT2D eigenvalue weighted by atomic mass is 10.0. The van der Waals surface area contributed by atoms with Crippen molar-refractivity contribution >= 4 is 22.8 Å². The van der Waals surface area contributed by atoms with Gasteiger partial charge < -0.3 is 0 Å². The molecule has 0 N–H and O–H groups in total. The van der Waals surface area contributed by atoms with Crippen molar-refractivity contribution in [3.63, 3.8) is 0 Å². The molecular weight excluding hydrogens is 242 g/mol. The Balaban J connectivity index is 2.26. The summed E-state index contributed by atoms with van der Waals surface area (Å²) in [5.74, 6) is -1.15. The normalized spacial score (nSPS) is 10.9. The van der Waals surface area contributed by atoms with Gasteiger partial charge in [0.2, 0.25) is 0 Å². The molecule has 5 heteroatoms. The van der Waals surface area contributed by atoms with Gasteiger partial charge in [-0.1, -0.05) is 12.1 Å². The van der Waals surface area contributed by atoms with E-state index in [-0.39, 0.29) is 5.56 Å². The predicted octanol–water partition coefficient (Wildman–Crippen LogP) is 3.64. The van der Waals surface area contributed by atoms with Crippen LogP contribution in [0.2, 0.25) is 0 Å². The average molecular weight is 248 g/mol. The molecule has 84 valence electrons. The number of fused-ring (bicyclic) bond motifs is 1. The number of nitrogens with zero attached hydrogens (tertiary/aromatic N) is 2. The van der Waals surface area contributed by atoms with Gasteiger partial charge in [-0.2, -0.15) is 8.75 Å². The van der Waals surface area contributed by atoms with Crippen molar-refractivity contribution in [1.82, 2.24) is 8.75 Å². The van der Waals surface area contributed by atoms with E-state index >= 15 is 0 Å². The molecule has 17 heavy (non-hydrogen) atoms. The van der Waals surface area contributed by atoms with E-state index in [1.54, 1.807) is 18.2 Å². The summed E-state index contributed by atoms with van der Waals surface area (Å²) in [4.78, 5) is 0. The van der Waals surface area contributed by atoms with Crippen molar-refractivity contribution in [2.75, 3.05) is 0 Å². The fourth-order valence-corrected chi connectivity index (χ4v) is 2.23. The van der Waals surface area contributed by atoms with Crippen LogP contribution in [0.3, 0.4) is 0 Å². The van der Waals surface area contributed by atoms with Gasteiger partial charge in [0.25, 0.3) is 0 Å². The fraction of sp³-hybridized carbons (Fsp3) is 0. The molecule has 1 heterocycles. The van der Waals surface area contributed by atoms with E-state index in [2.05, 4.69) is 8.75 Å². The highest BCUT2D eigenvalue weighted by molar-refractivity contribution is 7.00. The van der Waals surface area contributed by atoms with Crippen molar-refractivity contribution in [2.24, 2.45) is 0 Å². The third-order valence-electron chi connectivity index (χ3n) is 2.51. The molecule has 0 radical (unpaired) electrons. The van der Waals surface area contributed by atoms with Crippen LogP contribution in [0.5, 0.6) is 0 Å². The lowest BCUT2D eigenvalue weighted by molar-refractivity contribution is 0.589. The highest BCUT2D eigenvalue weighted by Gasteiger charge is 2.11. The number of halogens is 2. The van der Waals surface area contributed by atoms with Gasteiger partial charge >= 0.3 is 0 Å². The minimum Gasteiger partial charge on any atom is -0.206 e. The first kappa shape index (κ1) is 10.3. The summed E-state index contributed by atoms with van der Waals surface area (Å²) in [5, 5.41) is 0. The summed E-state index contributed by atoms with van der Waals surface area (Å²) in [5.41, 5.74) is 1.83. The molecule has 0 aliphatic carbocycles. The van der Waals surface area contributed by atoms with Gasteiger partial charge in [-0.05, 0) is 29.8 Å². The Bertz CT molecular complexity index is 674. The molecule has 0 unspecified atom stereocenters. The molecule has 0 fully saturated rings. The third-order valence-corrected chi connectivity index (χ3v) is 3.06. The molecule has 3 rings (SSSR count). The van der Waals surface area contributed by atoms with Crippen LogP contribution >= 0.6 is 11.7 Å². The van der Waals surface area contributed by atoms with Gasteiger partial charge in [0.1, 0.15) is 22.7 Å². The molecule has 0 spiro atoms. The highest BCUT2D eigenvalue weighted by Crippen LogP contribution is 2.28. The van der Waals surface area contributed by atoms with Gasteiger partial charge in [-0.3, -0.25) is 0 Å². The zero-order valence-corrected chi connectivity index (χ0v) is 9.34. The van der Waals surface area contributed by atoms with Crippen molar-refractivity contribution in [2.45, 2.75) is 0 Å². The first-order chi connectivity index (χ1) is 8.25. The molecule has 2 aromatic carbocycles. The van der Waals surface area contributed by atoms with Gasteiger partial charge in [0, 0.05) is 0 Å². The monoisotopic (exact) mass is 248 g/mol. The maximum Gasteiger partial charge on any atom is 0.133 e. The van der Waals surface area contributed by atoms with Crippen molar-refractivity contribution in [1.29, 1.82) is 0 Å². The zero-order chi connectivity index (χ0) is 11.8. The molecule has 0 aliphatic rings. The second-order valence-corrected chi connectivity index (χ2v) is 4.09. The average Bonchev–Trinajstić information content (AvgIpc) is 2.76. The Kier molecular flexibility index (Phi) is 2.33. The predicted molar refractivity (Wildman–Crippen MR) is 62.8 cm³/mol. The number of hydrogen-bond acceptors (Lipinski definition) is 3. The van der Waals surface area contributed by atoms with Crippen molar-refractivity contribution < 1.29 is 8.78 Å². The highest BCUT2D eigenvalue weighted by atomic mass is 32.1. The summed E-state index contributed by atoms with van der Waals surface area (Å²) < 4.78 is 35.3. The van der Waals surface area contributed by atoms with Gasteiger partial charge in [0.05, 0.1) is 17.3 Å². The largest absolute Gasteiger partial charge is 0.206 e. The van der Waals surface area contributed by atoms with Crippen LogP contribution in [0, 0.1) is 11.6 Å². The second kappa shape index (κ2) is 3.85. The molecule has 2 nitrogen and oxygen atoms in total. The Morgan fingerprint density at radius 1 is 0.882 bits per heavy atom. The number of benzene rings is 2. The molecule has 0 bridgehead atoms. The van der Waals surface area contributed by atoms with E-state index in [9.17, 15) is 8.78 Å². The fourth-order valence-electron chi connectivity index (χ4n) is 1.71. The third kappa shape index (κ3) is 1.68. The summed E-state index contributed by atoms with van der Waals surface area (Å²) in [6.45, 7) is 0. The van der Waals surface area contributed by atoms with Crippen LogP contribution in [0.25, 0.3) is 22.2 Å². The van der Waals surface area contributed by atoms with Crippen LogP contribution < -0.4 is 0 Å². The van der Waals surface area contributed by atoms with Crippen molar-refractivity contribution in [3.05, 3.63) is 48.0 Å². The molecule has 0 saturated carbocycles. The van der Waals surface area contributed by atoms with Crippen LogP contribution in [0.4, 0.5) is 8.78 Å². The minimum absolute atomic E-state index is 0.0256. The summed E-state index contributed by atoms with van der Waals surface area (Å²) in [6.07, 6.45) is 0. The Hall–Kier alpha value is -1.88. The molecule has 0 aliphatic heterocycles. The number of aromatic nitrogens is 2. The smallest absolute Gasteiger partial charge is 0.133 e. The van der Waals surface area contributed by atoms with E-state index < -0.39 is 11.6 Å².